The molecule has 3 atom stereocenters. The summed E-state index contributed by atoms with van der Waals surface area (Å²) in [4.78, 5) is 14.0. The number of phenols is 1. The Morgan fingerprint density at radius 1 is 1.42 bits per heavy atom. The molecule has 0 saturated heterocycles. The number of rotatable bonds is 3. The summed E-state index contributed by atoms with van der Waals surface area (Å²) in [5.74, 6) is 0.113. The van der Waals surface area contributed by atoms with Crippen molar-refractivity contribution in [2.45, 2.75) is 25.4 Å². The molecule has 3 unspecified atom stereocenters. The Hall–Kier alpha value is -1.81. The predicted molar refractivity (Wildman–Crippen MR) is 74.5 cm³/mol. The lowest BCUT2D eigenvalue weighted by molar-refractivity contribution is -0.134. The molecule has 0 aromatic heterocycles. The number of nitrogens with two attached hydrogens (primary N) is 1. The Kier molecular flexibility index (Phi) is 3.90. The van der Waals surface area contributed by atoms with Gasteiger partial charge in [-0.2, -0.15) is 0 Å². The van der Waals surface area contributed by atoms with Crippen LogP contribution in [0.1, 0.15) is 24.9 Å². The van der Waals surface area contributed by atoms with Crippen LogP contribution >= 0.6 is 0 Å². The Labute approximate surface area is 113 Å². The highest BCUT2D eigenvalue weighted by Crippen LogP contribution is 2.29. The van der Waals surface area contributed by atoms with Crippen molar-refractivity contribution in [1.82, 2.24) is 4.90 Å². The number of hydrogen-bond donors (Lipinski definition) is 2. The number of hydrogen-bond acceptors (Lipinski definition) is 3. The first kappa shape index (κ1) is 13.6. The quantitative estimate of drug-likeness (QED) is 0.815. The van der Waals surface area contributed by atoms with E-state index in [2.05, 4.69) is 0 Å². The molecule has 4 heteroatoms. The Morgan fingerprint density at radius 2 is 2.11 bits per heavy atom. The first-order chi connectivity index (χ1) is 9.00. The van der Waals surface area contributed by atoms with Crippen LogP contribution in [0.15, 0.2) is 36.4 Å². The van der Waals surface area contributed by atoms with Crippen molar-refractivity contribution in [2.75, 3.05) is 7.05 Å². The number of benzene rings is 1. The maximum atomic E-state index is 12.4. The third kappa shape index (κ3) is 2.79. The zero-order chi connectivity index (χ0) is 14.0. The van der Waals surface area contributed by atoms with Crippen LogP contribution in [0.4, 0.5) is 0 Å². The molecule has 0 saturated carbocycles. The van der Waals surface area contributed by atoms with E-state index in [1.54, 1.807) is 24.1 Å². The Bertz CT molecular complexity index is 499. The van der Waals surface area contributed by atoms with Gasteiger partial charge in [0.15, 0.2) is 0 Å². The number of amides is 1. The van der Waals surface area contributed by atoms with Crippen LogP contribution in [0.3, 0.4) is 0 Å². The Balaban J connectivity index is 2.11. The van der Waals surface area contributed by atoms with Crippen molar-refractivity contribution in [2.24, 2.45) is 11.7 Å². The minimum atomic E-state index is -0.168. The zero-order valence-electron chi connectivity index (χ0n) is 11.3. The number of carbonyl (C=O) groups is 1. The van der Waals surface area contributed by atoms with Crippen LogP contribution in [0.5, 0.6) is 5.75 Å². The molecule has 0 spiro atoms. The standard InChI is InChI=1S/C15H20N2O2/c1-10(13-5-3-4-6-14(13)18)17(2)15(19)11-7-8-12(16)9-11/h3-8,10-12,18H,9,16H2,1-2H3. The van der Waals surface area contributed by atoms with Gasteiger partial charge in [0.25, 0.3) is 0 Å². The second-order valence-corrected chi connectivity index (χ2v) is 5.07. The molecule has 0 radical (unpaired) electrons. The number of nitrogens with zero attached hydrogens (tertiary/aromatic N) is 1. The van der Waals surface area contributed by atoms with Gasteiger partial charge in [0, 0.05) is 18.7 Å². The van der Waals surface area contributed by atoms with E-state index in [1.165, 1.54) is 0 Å². The summed E-state index contributed by atoms with van der Waals surface area (Å²) in [5.41, 5.74) is 6.53. The normalized spacial score (nSPS) is 23.3. The van der Waals surface area contributed by atoms with E-state index in [1.807, 2.05) is 31.2 Å². The largest absolute Gasteiger partial charge is 0.508 e. The van der Waals surface area contributed by atoms with E-state index in [0.29, 0.717) is 6.42 Å². The summed E-state index contributed by atoms with van der Waals surface area (Å²) in [6.07, 6.45) is 4.42. The third-order valence-electron chi connectivity index (χ3n) is 3.75. The fourth-order valence-electron chi connectivity index (χ4n) is 2.41. The molecule has 1 amide bonds. The van der Waals surface area contributed by atoms with Gasteiger partial charge in [-0.15, -0.1) is 0 Å². The highest BCUT2D eigenvalue weighted by Gasteiger charge is 2.28. The van der Waals surface area contributed by atoms with E-state index >= 15 is 0 Å². The first-order valence-corrected chi connectivity index (χ1v) is 6.49. The molecule has 0 bridgehead atoms. The molecule has 1 aromatic carbocycles. The second-order valence-electron chi connectivity index (χ2n) is 5.07. The lowest BCUT2D eigenvalue weighted by Crippen LogP contribution is -2.34. The summed E-state index contributed by atoms with van der Waals surface area (Å²) in [6.45, 7) is 1.91. The molecule has 0 aliphatic heterocycles. The number of phenolic OH excluding ortho intramolecular Hbond substituents is 1. The molecular formula is C15H20N2O2. The van der Waals surface area contributed by atoms with Crippen LogP contribution in [-0.2, 0) is 4.79 Å². The highest BCUT2D eigenvalue weighted by atomic mass is 16.3. The smallest absolute Gasteiger partial charge is 0.229 e. The molecule has 102 valence electrons. The minimum Gasteiger partial charge on any atom is -0.508 e. The van der Waals surface area contributed by atoms with Gasteiger partial charge in [-0.05, 0) is 19.4 Å². The summed E-state index contributed by atoms with van der Waals surface area (Å²) in [6, 6.07) is 6.90. The number of para-hydroxylation sites is 1. The summed E-state index contributed by atoms with van der Waals surface area (Å²) in [7, 11) is 1.76. The van der Waals surface area contributed by atoms with E-state index in [0.717, 1.165) is 5.56 Å². The molecule has 1 aliphatic carbocycles. The molecule has 19 heavy (non-hydrogen) atoms. The van der Waals surface area contributed by atoms with Crippen LogP contribution in [0, 0.1) is 5.92 Å². The lowest BCUT2D eigenvalue weighted by Gasteiger charge is -2.28. The SMILES string of the molecule is CC(c1ccccc1O)N(C)C(=O)C1C=CC(N)C1. The van der Waals surface area contributed by atoms with Crippen LogP contribution < -0.4 is 5.73 Å². The average molecular weight is 260 g/mol. The number of aromatic hydroxyl groups is 1. The highest BCUT2D eigenvalue weighted by molar-refractivity contribution is 5.81. The fourth-order valence-corrected chi connectivity index (χ4v) is 2.41. The molecule has 1 aromatic rings. The maximum absolute atomic E-state index is 12.4. The summed E-state index contributed by atoms with van der Waals surface area (Å²) < 4.78 is 0. The van der Waals surface area contributed by atoms with Gasteiger partial charge in [-0.1, -0.05) is 30.4 Å². The van der Waals surface area contributed by atoms with Crippen molar-refractivity contribution < 1.29 is 9.90 Å². The molecule has 4 nitrogen and oxygen atoms in total. The van der Waals surface area contributed by atoms with E-state index in [9.17, 15) is 9.90 Å². The van der Waals surface area contributed by atoms with Crippen LogP contribution in [0.25, 0.3) is 0 Å². The number of carbonyl (C=O) groups excluding carboxylic acids is 1. The molecule has 3 N–H and O–H groups in total. The molecule has 0 heterocycles. The molecular weight excluding hydrogens is 240 g/mol. The minimum absolute atomic E-state index is 0.0252. The molecule has 1 aliphatic rings. The van der Waals surface area contributed by atoms with Gasteiger partial charge in [0.1, 0.15) is 5.75 Å². The van der Waals surface area contributed by atoms with Gasteiger partial charge in [-0.3, -0.25) is 4.79 Å². The van der Waals surface area contributed by atoms with Crippen LogP contribution in [-0.4, -0.2) is 29.0 Å². The zero-order valence-corrected chi connectivity index (χ0v) is 11.3. The van der Waals surface area contributed by atoms with Crippen molar-refractivity contribution in [3.8, 4) is 5.75 Å². The lowest BCUT2D eigenvalue weighted by atomic mass is 10.0. The monoisotopic (exact) mass is 260 g/mol. The topological polar surface area (TPSA) is 66.6 Å². The van der Waals surface area contributed by atoms with Crippen molar-refractivity contribution in [1.29, 1.82) is 0 Å². The summed E-state index contributed by atoms with van der Waals surface area (Å²) >= 11 is 0. The van der Waals surface area contributed by atoms with Crippen molar-refractivity contribution >= 4 is 5.91 Å². The Morgan fingerprint density at radius 3 is 2.68 bits per heavy atom. The molecule has 2 rings (SSSR count). The van der Waals surface area contributed by atoms with Crippen molar-refractivity contribution in [3.63, 3.8) is 0 Å². The average Bonchev–Trinajstić information content (AvgIpc) is 2.83. The van der Waals surface area contributed by atoms with Gasteiger partial charge in [-0.25, -0.2) is 0 Å². The van der Waals surface area contributed by atoms with E-state index in [4.69, 9.17) is 5.73 Å². The van der Waals surface area contributed by atoms with Gasteiger partial charge < -0.3 is 15.7 Å². The fraction of sp³-hybridized carbons (Fsp3) is 0.400. The second kappa shape index (κ2) is 5.45. The maximum Gasteiger partial charge on any atom is 0.229 e. The van der Waals surface area contributed by atoms with Gasteiger partial charge in [0.05, 0.1) is 12.0 Å². The molecule has 0 fully saturated rings. The van der Waals surface area contributed by atoms with E-state index in [-0.39, 0.29) is 29.7 Å². The predicted octanol–water partition coefficient (Wildman–Crippen LogP) is 1.81. The first-order valence-electron chi connectivity index (χ1n) is 6.49. The summed E-state index contributed by atoms with van der Waals surface area (Å²) in [5, 5.41) is 9.85. The van der Waals surface area contributed by atoms with Gasteiger partial charge >= 0.3 is 0 Å². The van der Waals surface area contributed by atoms with E-state index < -0.39 is 0 Å². The third-order valence-corrected chi connectivity index (χ3v) is 3.75. The van der Waals surface area contributed by atoms with Crippen LogP contribution in [0.2, 0.25) is 0 Å². The van der Waals surface area contributed by atoms with Crippen molar-refractivity contribution in [3.05, 3.63) is 42.0 Å². The van der Waals surface area contributed by atoms with Gasteiger partial charge in [0.2, 0.25) is 5.91 Å².